The number of hydrogen-bond acceptors (Lipinski definition) is 2. The number of carbonyl (C=O) groups excluding carboxylic acids is 1. The van der Waals surface area contributed by atoms with Crippen LogP contribution in [0, 0.1) is 5.92 Å². The maximum atomic E-state index is 11.9. The van der Waals surface area contributed by atoms with E-state index < -0.39 is 11.9 Å². The summed E-state index contributed by atoms with van der Waals surface area (Å²) in [5.41, 5.74) is 0.700. The van der Waals surface area contributed by atoms with E-state index in [0.29, 0.717) is 12.1 Å². The van der Waals surface area contributed by atoms with Crippen LogP contribution in [0.15, 0.2) is 30.3 Å². The van der Waals surface area contributed by atoms with Gasteiger partial charge < -0.3 is 15.7 Å². The topological polar surface area (TPSA) is 78.4 Å². The van der Waals surface area contributed by atoms with E-state index in [4.69, 9.17) is 0 Å². The molecular weight excluding hydrogens is 256 g/mol. The highest BCUT2D eigenvalue weighted by Crippen LogP contribution is 2.24. The Balaban J connectivity index is 1.95. The fourth-order valence-corrected chi connectivity index (χ4v) is 2.63. The second-order valence-electron chi connectivity index (χ2n) is 5.15. The molecule has 1 aliphatic carbocycles. The number of rotatable bonds is 3. The summed E-state index contributed by atoms with van der Waals surface area (Å²) in [5, 5.41) is 14.8. The number of para-hydroxylation sites is 1. The van der Waals surface area contributed by atoms with E-state index in [1.165, 1.54) is 0 Å². The largest absolute Gasteiger partial charge is 0.481 e. The number of aliphatic carboxylic acids is 1. The molecule has 0 spiro atoms. The molecule has 1 fully saturated rings. The van der Waals surface area contributed by atoms with E-state index in [-0.39, 0.29) is 12.1 Å². The smallest absolute Gasteiger partial charge is 0.319 e. The summed E-state index contributed by atoms with van der Waals surface area (Å²) >= 11 is 0. The Labute approximate surface area is 118 Å². The van der Waals surface area contributed by atoms with Gasteiger partial charge in [-0.15, -0.1) is 0 Å². The Morgan fingerprint density at radius 3 is 2.45 bits per heavy atom. The van der Waals surface area contributed by atoms with Gasteiger partial charge in [0.1, 0.15) is 0 Å². The maximum Gasteiger partial charge on any atom is 0.319 e. The molecule has 1 saturated carbocycles. The third-order valence-electron chi connectivity index (χ3n) is 3.68. The van der Waals surface area contributed by atoms with Crippen LogP contribution in [0.1, 0.15) is 32.1 Å². The van der Waals surface area contributed by atoms with Crippen molar-refractivity contribution < 1.29 is 14.7 Å². The Bertz CT molecular complexity index is 461. The molecule has 1 aromatic carbocycles. The van der Waals surface area contributed by atoms with Gasteiger partial charge in [-0.2, -0.15) is 0 Å². The molecule has 0 aliphatic heterocycles. The van der Waals surface area contributed by atoms with Crippen molar-refractivity contribution in [2.24, 2.45) is 5.92 Å². The summed E-state index contributed by atoms with van der Waals surface area (Å²) in [6.45, 7) is 0. The van der Waals surface area contributed by atoms with Crippen molar-refractivity contribution in [2.45, 2.75) is 38.1 Å². The monoisotopic (exact) mass is 276 g/mol. The lowest BCUT2D eigenvalue weighted by atomic mass is 9.95. The first-order valence-electron chi connectivity index (χ1n) is 7.02. The van der Waals surface area contributed by atoms with Gasteiger partial charge in [-0.05, 0) is 25.0 Å². The van der Waals surface area contributed by atoms with E-state index in [9.17, 15) is 14.7 Å². The highest BCUT2D eigenvalue weighted by molar-refractivity contribution is 5.89. The molecule has 0 heterocycles. The number of amides is 2. The van der Waals surface area contributed by atoms with Crippen molar-refractivity contribution in [1.82, 2.24) is 5.32 Å². The summed E-state index contributed by atoms with van der Waals surface area (Å²) in [6, 6.07) is 8.49. The lowest BCUT2D eigenvalue weighted by Crippen LogP contribution is -2.44. The first-order chi connectivity index (χ1) is 9.66. The van der Waals surface area contributed by atoms with Crippen LogP contribution in [-0.4, -0.2) is 23.1 Å². The lowest BCUT2D eigenvalue weighted by Gasteiger charge is -2.23. The Kier molecular flexibility index (Phi) is 4.98. The molecule has 2 rings (SSSR count). The number of carbonyl (C=O) groups is 2. The minimum atomic E-state index is -0.822. The number of anilines is 1. The van der Waals surface area contributed by atoms with Gasteiger partial charge in [-0.3, -0.25) is 4.79 Å². The number of nitrogens with one attached hydrogen (secondary N) is 2. The second-order valence-corrected chi connectivity index (χ2v) is 5.15. The molecule has 2 unspecified atom stereocenters. The predicted octanol–water partition coefficient (Wildman–Crippen LogP) is 2.84. The third kappa shape index (κ3) is 3.98. The quantitative estimate of drug-likeness (QED) is 0.743. The van der Waals surface area contributed by atoms with E-state index in [0.717, 1.165) is 25.7 Å². The molecule has 2 amide bonds. The van der Waals surface area contributed by atoms with Crippen molar-refractivity contribution in [3.8, 4) is 0 Å². The van der Waals surface area contributed by atoms with Crippen LogP contribution in [0.2, 0.25) is 0 Å². The number of benzene rings is 1. The van der Waals surface area contributed by atoms with Crippen LogP contribution < -0.4 is 10.6 Å². The van der Waals surface area contributed by atoms with Gasteiger partial charge >= 0.3 is 12.0 Å². The zero-order valence-corrected chi connectivity index (χ0v) is 11.3. The highest BCUT2D eigenvalue weighted by Gasteiger charge is 2.30. The van der Waals surface area contributed by atoms with Crippen LogP contribution in [0.4, 0.5) is 10.5 Å². The van der Waals surface area contributed by atoms with E-state index in [1.54, 1.807) is 12.1 Å². The summed E-state index contributed by atoms with van der Waals surface area (Å²) < 4.78 is 0. The minimum absolute atomic E-state index is 0.293. The van der Waals surface area contributed by atoms with Gasteiger partial charge in [0.25, 0.3) is 0 Å². The summed E-state index contributed by atoms with van der Waals surface area (Å²) in [6.07, 6.45) is 4.25. The first-order valence-corrected chi connectivity index (χ1v) is 7.02. The molecule has 0 bridgehead atoms. The van der Waals surface area contributed by atoms with Gasteiger partial charge in [-0.1, -0.05) is 37.5 Å². The zero-order valence-electron chi connectivity index (χ0n) is 11.3. The van der Waals surface area contributed by atoms with Gasteiger partial charge in [0.05, 0.1) is 5.92 Å². The van der Waals surface area contributed by atoms with Crippen LogP contribution >= 0.6 is 0 Å². The van der Waals surface area contributed by atoms with Gasteiger partial charge in [-0.25, -0.2) is 4.79 Å². The molecule has 0 radical (unpaired) electrons. The highest BCUT2D eigenvalue weighted by atomic mass is 16.4. The molecule has 0 aromatic heterocycles. The lowest BCUT2D eigenvalue weighted by molar-refractivity contribution is -0.142. The number of carboxylic acid groups (broad SMARTS) is 1. The van der Waals surface area contributed by atoms with Gasteiger partial charge in [0.15, 0.2) is 0 Å². The Hall–Kier alpha value is -2.04. The number of hydrogen-bond donors (Lipinski definition) is 3. The van der Waals surface area contributed by atoms with Gasteiger partial charge in [0, 0.05) is 11.7 Å². The van der Waals surface area contributed by atoms with E-state index in [2.05, 4.69) is 10.6 Å². The Morgan fingerprint density at radius 2 is 1.75 bits per heavy atom. The molecule has 2 atom stereocenters. The molecule has 20 heavy (non-hydrogen) atoms. The predicted molar refractivity (Wildman–Crippen MR) is 76.6 cm³/mol. The van der Waals surface area contributed by atoms with Crippen LogP contribution in [-0.2, 0) is 4.79 Å². The van der Waals surface area contributed by atoms with Crippen molar-refractivity contribution >= 4 is 17.7 Å². The first kappa shape index (κ1) is 14.4. The fourth-order valence-electron chi connectivity index (χ4n) is 2.63. The van der Waals surface area contributed by atoms with Gasteiger partial charge in [0.2, 0.25) is 0 Å². The fraction of sp³-hybridized carbons (Fsp3) is 0.467. The third-order valence-corrected chi connectivity index (χ3v) is 3.68. The van der Waals surface area contributed by atoms with E-state index >= 15 is 0 Å². The summed E-state index contributed by atoms with van der Waals surface area (Å²) in [7, 11) is 0. The standard InChI is InChI=1S/C15H20N2O3/c18-14(19)12-9-5-2-6-10-13(12)17-15(20)16-11-7-3-1-4-8-11/h1,3-4,7-8,12-13H,2,5-6,9-10H2,(H,18,19)(H2,16,17,20). The van der Waals surface area contributed by atoms with Crippen molar-refractivity contribution in [3.05, 3.63) is 30.3 Å². The SMILES string of the molecule is O=C(Nc1ccccc1)NC1CCCCCC1C(=O)O. The molecule has 1 aliphatic rings. The average molecular weight is 276 g/mol. The molecule has 3 N–H and O–H groups in total. The molecule has 108 valence electrons. The van der Waals surface area contributed by atoms with Crippen LogP contribution in [0.5, 0.6) is 0 Å². The van der Waals surface area contributed by atoms with Crippen molar-refractivity contribution in [2.75, 3.05) is 5.32 Å². The number of carboxylic acids is 1. The normalized spacial score (nSPS) is 22.6. The van der Waals surface area contributed by atoms with Crippen molar-refractivity contribution in [1.29, 1.82) is 0 Å². The number of urea groups is 1. The average Bonchev–Trinajstić information content (AvgIpc) is 2.65. The van der Waals surface area contributed by atoms with Crippen molar-refractivity contribution in [3.63, 3.8) is 0 Å². The molecule has 0 saturated heterocycles. The second kappa shape index (κ2) is 6.93. The van der Waals surface area contributed by atoms with E-state index in [1.807, 2.05) is 18.2 Å². The molecule has 5 nitrogen and oxygen atoms in total. The molecule has 5 heteroatoms. The zero-order chi connectivity index (χ0) is 14.4. The summed E-state index contributed by atoms with van der Waals surface area (Å²) in [5.74, 6) is -1.31. The summed E-state index contributed by atoms with van der Waals surface area (Å²) in [4.78, 5) is 23.2. The molecular formula is C15H20N2O3. The minimum Gasteiger partial charge on any atom is -0.481 e. The van der Waals surface area contributed by atoms with Crippen LogP contribution in [0.3, 0.4) is 0 Å². The molecule has 1 aromatic rings. The maximum absolute atomic E-state index is 11.9. The Morgan fingerprint density at radius 1 is 1.05 bits per heavy atom. The van der Waals surface area contributed by atoms with Crippen LogP contribution in [0.25, 0.3) is 0 Å².